The first-order chi connectivity index (χ1) is 12.8. The van der Waals surface area contributed by atoms with Gasteiger partial charge in [0, 0.05) is 0 Å². The van der Waals surface area contributed by atoms with Crippen molar-refractivity contribution in [3.8, 4) is 5.75 Å². The van der Waals surface area contributed by atoms with Crippen molar-refractivity contribution in [3.63, 3.8) is 0 Å². The number of phenolic OH excluding ortho intramolecular Hbond substituents is 1. The second kappa shape index (κ2) is 11.1. The van der Waals surface area contributed by atoms with Gasteiger partial charge in [-0.2, -0.15) is 0 Å². The third-order valence-corrected chi connectivity index (χ3v) is 5.29. The van der Waals surface area contributed by atoms with Crippen LogP contribution in [0.2, 0.25) is 0 Å². The molecule has 6 heteroatoms. The van der Waals surface area contributed by atoms with Gasteiger partial charge in [-0.1, -0.05) is 52.7 Å². The predicted octanol–water partition coefficient (Wildman–Crippen LogP) is 5.09. The molecule has 27 heavy (non-hydrogen) atoms. The van der Waals surface area contributed by atoms with E-state index in [1.54, 1.807) is 0 Å². The Bertz CT molecular complexity index is 588. The van der Waals surface area contributed by atoms with E-state index in [0.717, 1.165) is 43.2 Å². The molecule has 1 aromatic carbocycles. The highest BCUT2D eigenvalue weighted by atomic mass is 16.9. The summed E-state index contributed by atoms with van der Waals surface area (Å²) in [6.45, 7) is 8.34. The van der Waals surface area contributed by atoms with Crippen LogP contribution in [0.5, 0.6) is 5.75 Å². The summed E-state index contributed by atoms with van der Waals surface area (Å²) in [4.78, 5) is 14.5. The second-order valence-electron chi connectivity index (χ2n) is 7.69. The lowest BCUT2D eigenvalue weighted by molar-refractivity contribution is -0.757. The summed E-state index contributed by atoms with van der Waals surface area (Å²) >= 11 is 0. The summed E-state index contributed by atoms with van der Waals surface area (Å²) < 4.78 is 0. The van der Waals surface area contributed by atoms with Crippen LogP contribution in [0.15, 0.2) is 18.2 Å². The van der Waals surface area contributed by atoms with Gasteiger partial charge in [-0.15, -0.1) is 10.1 Å². The number of nitrogens with zero attached hydrogens (tertiary/aromatic N) is 1. The fourth-order valence-electron chi connectivity index (χ4n) is 3.71. The maximum Gasteiger partial charge on any atom is 0.294 e. The van der Waals surface area contributed by atoms with Gasteiger partial charge in [0.2, 0.25) is 0 Å². The Kier molecular flexibility index (Phi) is 9.56. The zero-order valence-corrected chi connectivity index (χ0v) is 17.1. The molecule has 1 aliphatic rings. The van der Waals surface area contributed by atoms with Gasteiger partial charge in [0.15, 0.2) is 0 Å². The molecule has 2 unspecified atom stereocenters. The van der Waals surface area contributed by atoms with Crippen LogP contribution in [-0.4, -0.2) is 28.0 Å². The standard InChI is InChI=1S/C19H29NO5.C2H6/c1-19(2,10-3-4-11-25-20(23)24)15-8-9-17(18(22)13-15)14-6-5-7-16(21)12-14;1-2/h8-9,13-14,16,21-22H,3-7,10-12H2,1-2H3;1-2H3. The van der Waals surface area contributed by atoms with Gasteiger partial charge in [0.05, 0.1) is 12.7 Å². The Morgan fingerprint density at radius 2 is 1.96 bits per heavy atom. The Balaban J connectivity index is 0.00000176. The minimum atomic E-state index is -0.760. The molecule has 1 aromatic rings. The monoisotopic (exact) mass is 381 g/mol. The van der Waals surface area contributed by atoms with Crippen LogP contribution in [0.4, 0.5) is 0 Å². The highest BCUT2D eigenvalue weighted by molar-refractivity contribution is 5.41. The van der Waals surface area contributed by atoms with E-state index >= 15 is 0 Å². The SMILES string of the molecule is CC.CC(C)(CCCCO[N+](=O)[O-])c1ccc(C2CCCC(O)C2)c(O)c1. The number of unbranched alkanes of at least 4 members (excludes halogenated alkanes) is 1. The molecule has 2 atom stereocenters. The minimum absolute atomic E-state index is 0.122. The average Bonchev–Trinajstić information content (AvgIpc) is 2.62. The molecule has 0 heterocycles. The van der Waals surface area contributed by atoms with Crippen molar-refractivity contribution in [2.45, 2.75) is 90.1 Å². The molecular weight excluding hydrogens is 346 g/mol. The van der Waals surface area contributed by atoms with E-state index in [1.807, 2.05) is 26.0 Å². The summed E-state index contributed by atoms with van der Waals surface area (Å²) in [6, 6.07) is 5.89. The largest absolute Gasteiger partial charge is 0.508 e. The molecule has 0 saturated heterocycles. The van der Waals surface area contributed by atoms with Crippen molar-refractivity contribution >= 4 is 0 Å². The summed E-state index contributed by atoms with van der Waals surface area (Å²) in [5.74, 6) is 0.529. The predicted molar refractivity (Wildman–Crippen MR) is 106 cm³/mol. The number of phenols is 1. The molecule has 2 N–H and O–H groups in total. The second-order valence-corrected chi connectivity index (χ2v) is 7.69. The summed E-state index contributed by atoms with van der Waals surface area (Å²) in [6.07, 6.45) is 5.60. The number of hydrogen-bond donors (Lipinski definition) is 2. The topological polar surface area (TPSA) is 92.8 Å². The molecule has 1 aliphatic carbocycles. The van der Waals surface area contributed by atoms with E-state index in [-0.39, 0.29) is 24.0 Å². The van der Waals surface area contributed by atoms with Crippen LogP contribution in [0.25, 0.3) is 0 Å². The highest BCUT2D eigenvalue weighted by Gasteiger charge is 2.26. The molecule has 6 nitrogen and oxygen atoms in total. The zero-order valence-electron chi connectivity index (χ0n) is 17.1. The first kappa shape index (κ1) is 23.2. The lowest BCUT2D eigenvalue weighted by atomic mass is 9.77. The number of aliphatic hydroxyl groups excluding tert-OH is 1. The quantitative estimate of drug-likeness (QED) is 0.371. The zero-order chi connectivity index (χ0) is 20.4. The first-order valence-corrected chi connectivity index (χ1v) is 10.1. The molecule has 2 rings (SSSR count). The Morgan fingerprint density at radius 3 is 2.56 bits per heavy atom. The number of aliphatic hydroxyl groups is 1. The molecule has 154 valence electrons. The van der Waals surface area contributed by atoms with Crippen molar-refractivity contribution in [3.05, 3.63) is 39.4 Å². The fourth-order valence-corrected chi connectivity index (χ4v) is 3.71. The van der Waals surface area contributed by atoms with Crippen LogP contribution in [0.3, 0.4) is 0 Å². The molecule has 1 saturated carbocycles. The van der Waals surface area contributed by atoms with Crippen LogP contribution in [0.1, 0.15) is 89.7 Å². The minimum Gasteiger partial charge on any atom is -0.508 e. The number of hydrogen-bond acceptors (Lipinski definition) is 5. The lowest BCUT2D eigenvalue weighted by Crippen LogP contribution is -2.19. The smallest absolute Gasteiger partial charge is 0.294 e. The van der Waals surface area contributed by atoms with E-state index < -0.39 is 5.09 Å². The van der Waals surface area contributed by atoms with E-state index in [4.69, 9.17) is 0 Å². The van der Waals surface area contributed by atoms with Crippen LogP contribution < -0.4 is 0 Å². The van der Waals surface area contributed by atoms with Gasteiger partial charge < -0.3 is 15.1 Å². The summed E-state index contributed by atoms with van der Waals surface area (Å²) in [5.41, 5.74) is 1.86. The van der Waals surface area contributed by atoms with Crippen molar-refractivity contribution in [2.75, 3.05) is 6.61 Å². The molecule has 0 bridgehead atoms. The van der Waals surface area contributed by atoms with E-state index in [1.165, 1.54) is 0 Å². The van der Waals surface area contributed by atoms with Crippen LogP contribution in [0, 0.1) is 10.1 Å². The maximum atomic E-state index is 10.5. The molecule has 0 radical (unpaired) electrons. The van der Waals surface area contributed by atoms with E-state index in [9.17, 15) is 20.3 Å². The van der Waals surface area contributed by atoms with Gasteiger partial charge in [0.25, 0.3) is 5.09 Å². The number of benzene rings is 1. The maximum absolute atomic E-state index is 10.5. The normalized spacial score (nSPS) is 19.7. The Labute approximate surface area is 162 Å². The lowest BCUT2D eigenvalue weighted by Gasteiger charge is -2.29. The fraction of sp³-hybridized carbons (Fsp3) is 0.714. The number of rotatable bonds is 8. The van der Waals surface area contributed by atoms with Crippen LogP contribution in [-0.2, 0) is 10.3 Å². The number of aromatic hydroxyl groups is 1. The van der Waals surface area contributed by atoms with Gasteiger partial charge in [0.1, 0.15) is 5.75 Å². The molecule has 0 spiro atoms. The van der Waals surface area contributed by atoms with Crippen molar-refractivity contribution in [1.82, 2.24) is 0 Å². The molecule has 0 aliphatic heterocycles. The van der Waals surface area contributed by atoms with Crippen molar-refractivity contribution in [2.24, 2.45) is 0 Å². The molecule has 0 aromatic heterocycles. The van der Waals surface area contributed by atoms with E-state index in [2.05, 4.69) is 24.8 Å². The van der Waals surface area contributed by atoms with Crippen molar-refractivity contribution < 1.29 is 20.1 Å². The Morgan fingerprint density at radius 1 is 1.26 bits per heavy atom. The van der Waals surface area contributed by atoms with Gasteiger partial charge in [-0.05, 0) is 60.6 Å². The molecule has 0 amide bonds. The third-order valence-electron chi connectivity index (χ3n) is 5.29. The highest BCUT2D eigenvalue weighted by Crippen LogP contribution is 2.39. The van der Waals surface area contributed by atoms with Crippen LogP contribution >= 0.6 is 0 Å². The van der Waals surface area contributed by atoms with Gasteiger partial charge in [-0.3, -0.25) is 0 Å². The van der Waals surface area contributed by atoms with Crippen molar-refractivity contribution in [1.29, 1.82) is 0 Å². The van der Waals surface area contributed by atoms with Gasteiger partial charge in [-0.25, -0.2) is 0 Å². The third kappa shape index (κ3) is 7.37. The first-order valence-electron chi connectivity index (χ1n) is 10.1. The van der Waals surface area contributed by atoms with Gasteiger partial charge >= 0.3 is 0 Å². The Hall–Kier alpha value is -1.82. The summed E-state index contributed by atoms with van der Waals surface area (Å²) in [7, 11) is 0. The molecular formula is C21H35NO5. The van der Waals surface area contributed by atoms with E-state index in [0.29, 0.717) is 18.6 Å². The summed E-state index contributed by atoms with van der Waals surface area (Å²) in [5, 5.41) is 29.7. The average molecular weight is 382 g/mol. The molecule has 1 fully saturated rings.